The van der Waals surface area contributed by atoms with Gasteiger partial charge in [-0.2, -0.15) is 0 Å². The molecule has 1 heterocycles. The molecule has 2 aliphatic rings. The van der Waals surface area contributed by atoms with Crippen LogP contribution < -0.4 is 10.2 Å². The topological polar surface area (TPSA) is 32.2 Å². The molecule has 3 nitrogen and oxygen atoms in total. The minimum Gasteiger partial charge on any atom is -0.372 e. The number of hydrogen-bond donors (Lipinski definition) is 1. The second-order valence-corrected chi connectivity index (χ2v) is 7.76. The van der Waals surface area contributed by atoms with Crippen molar-refractivity contribution >= 4 is 28.8 Å². The first-order chi connectivity index (χ1) is 12.7. The van der Waals surface area contributed by atoms with Gasteiger partial charge in [-0.15, -0.1) is 0 Å². The molecule has 1 aliphatic carbocycles. The zero-order valence-electron chi connectivity index (χ0n) is 15.7. The number of nitrogens with zero attached hydrogens (tertiary/aromatic N) is 2. The van der Waals surface area contributed by atoms with Crippen molar-refractivity contribution in [2.75, 3.05) is 24.5 Å². The minimum atomic E-state index is 0.380. The Hall–Kier alpha value is -2.04. The van der Waals surface area contributed by atoms with Crippen LogP contribution in [-0.4, -0.2) is 25.3 Å². The number of aliphatic imine (C=N–C) groups is 1. The molecule has 1 unspecified atom stereocenters. The normalized spacial score (nSPS) is 17.6. The van der Waals surface area contributed by atoms with Crippen LogP contribution in [0.5, 0.6) is 0 Å². The van der Waals surface area contributed by atoms with E-state index in [4.69, 9.17) is 4.99 Å². The van der Waals surface area contributed by atoms with Crippen molar-refractivity contribution in [2.45, 2.75) is 31.7 Å². The highest BCUT2D eigenvalue weighted by atomic mass is 32.2. The fourth-order valence-electron chi connectivity index (χ4n) is 3.82. The number of benzene rings is 2. The van der Waals surface area contributed by atoms with E-state index < -0.39 is 0 Å². The Morgan fingerprint density at radius 1 is 1.08 bits per heavy atom. The Labute approximate surface area is 160 Å². The summed E-state index contributed by atoms with van der Waals surface area (Å²) in [7, 11) is 0. The first kappa shape index (κ1) is 17.4. The van der Waals surface area contributed by atoms with E-state index in [0.717, 1.165) is 31.0 Å². The summed E-state index contributed by atoms with van der Waals surface area (Å²) >= 11 is 1.87. The van der Waals surface area contributed by atoms with E-state index in [1.54, 1.807) is 0 Å². The number of allylic oxidation sites excluding steroid dienone is 1. The van der Waals surface area contributed by atoms with Gasteiger partial charge in [0.25, 0.3) is 0 Å². The van der Waals surface area contributed by atoms with Crippen LogP contribution in [0.25, 0.3) is 0 Å². The lowest BCUT2D eigenvalue weighted by Gasteiger charge is -2.28. The summed E-state index contributed by atoms with van der Waals surface area (Å²) in [5.41, 5.74) is 6.17. The van der Waals surface area contributed by atoms with Gasteiger partial charge in [-0.3, -0.25) is 0 Å². The van der Waals surface area contributed by atoms with Crippen molar-refractivity contribution < 1.29 is 5.32 Å². The van der Waals surface area contributed by atoms with E-state index in [-0.39, 0.29) is 0 Å². The van der Waals surface area contributed by atoms with Crippen LogP contribution in [0.2, 0.25) is 0 Å². The molecule has 0 saturated heterocycles. The molecule has 26 heavy (non-hydrogen) atoms. The van der Waals surface area contributed by atoms with Gasteiger partial charge in [0.15, 0.2) is 0 Å². The van der Waals surface area contributed by atoms with Crippen LogP contribution in [0.3, 0.4) is 0 Å². The molecule has 4 heteroatoms. The van der Waals surface area contributed by atoms with Crippen molar-refractivity contribution in [3.05, 3.63) is 64.6 Å². The Kier molecular flexibility index (Phi) is 4.88. The molecule has 0 bridgehead atoms. The highest BCUT2D eigenvalue weighted by molar-refractivity contribution is 8.04. The first-order valence-electron chi connectivity index (χ1n) is 9.55. The number of hydrogen-bond acceptors (Lipinski definition) is 3. The van der Waals surface area contributed by atoms with Crippen LogP contribution in [0, 0.1) is 0 Å². The molecular weight excluding hydrogens is 338 g/mol. The molecule has 1 aliphatic heterocycles. The average molecular weight is 365 g/mol. The average Bonchev–Trinajstić information content (AvgIpc) is 2.68. The fourth-order valence-corrected chi connectivity index (χ4v) is 4.92. The summed E-state index contributed by atoms with van der Waals surface area (Å²) in [6.07, 6.45) is 2.39. The molecule has 2 N–H and O–H groups in total. The smallest absolute Gasteiger partial charge is 0.132 e. The van der Waals surface area contributed by atoms with Crippen LogP contribution in [0.4, 0.5) is 11.4 Å². The van der Waals surface area contributed by atoms with E-state index in [1.807, 2.05) is 11.8 Å². The van der Waals surface area contributed by atoms with Gasteiger partial charge >= 0.3 is 0 Å². The minimum absolute atomic E-state index is 0.380. The second-order valence-electron chi connectivity index (χ2n) is 6.67. The molecule has 0 aromatic heterocycles. The van der Waals surface area contributed by atoms with Crippen molar-refractivity contribution in [3.63, 3.8) is 0 Å². The molecule has 0 radical (unpaired) electrons. The van der Waals surface area contributed by atoms with Gasteiger partial charge in [-0.25, -0.2) is 4.99 Å². The van der Waals surface area contributed by atoms with E-state index in [2.05, 4.69) is 79.5 Å². The quantitative estimate of drug-likeness (QED) is 0.859. The fraction of sp³-hybridized carbons (Fsp3) is 0.318. The van der Waals surface area contributed by atoms with Crippen molar-refractivity contribution in [3.8, 4) is 0 Å². The number of nitrogens with two attached hydrogens (primary N) is 1. The maximum absolute atomic E-state index is 5.05. The molecule has 134 valence electrons. The number of anilines is 1. The highest BCUT2D eigenvalue weighted by Gasteiger charge is 2.30. The van der Waals surface area contributed by atoms with Crippen LogP contribution in [0.1, 0.15) is 37.9 Å². The number of quaternary nitrogens is 1. The molecule has 0 fully saturated rings. The number of rotatable bonds is 5. The Morgan fingerprint density at radius 2 is 1.88 bits per heavy atom. The standard InChI is InChI=1S/C22H25N3S/c1-4-23-19-14-21-22(17-10-8-7-9-16(17)19)24-18-12-11-15(13-20(18)26-21)25(5-2)6-3/h7-14,19,23H,4-6H2,1-3H3/p+1. The monoisotopic (exact) mass is 364 g/mol. The number of thioether (sulfide) groups is 1. The van der Waals surface area contributed by atoms with Gasteiger partial charge < -0.3 is 10.2 Å². The molecule has 4 rings (SSSR count). The third kappa shape index (κ3) is 2.97. The first-order valence-corrected chi connectivity index (χ1v) is 10.4. The molecule has 0 spiro atoms. The Bertz CT molecular complexity index is 881. The SMILES string of the molecule is CC[NH2+]C1C=C2Sc3cc(N(CC)CC)ccc3N=C2c2ccccc21. The second kappa shape index (κ2) is 7.29. The molecule has 2 aromatic carbocycles. The lowest BCUT2D eigenvalue weighted by atomic mass is 9.91. The molecule has 1 atom stereocenters. The van der Waals surface area contributed by atoms with E-state index >= 15 is 0 Å². The maximum Gasteiger partial charge on any atom is 0.132 e. The lowest BCUT2D eigenvalue weighted by molar-refractivity contribution is -0.682. The predicted octanol–water partition coefficient (Wildman–Crippen LogP) is 4.28. The van der Waals surface area contributed by atoms with Crippen molar-refractivity contribution in [1.29, 1.82) is 0 Å². The largest absolute Gasteiger partial charge is 0.372 e. The van der Waals surface area contributed by atoms with Gasteiger partial charge in [-0.05, 0) is 45.0 Å². The third-order valence-corrected chi connectivity index (χ3v) is 6.25. The van der Waals surface area contributed by atoms with Crippen LogP contribution in [-0.2, 0) is 0 Å². The summed E-state index contributed by atoms with van der Waals surface area (Å²) in [5, 5.41) is 2.39. The van der Waals surface area contributed by atoms with Gasteiger partial charge in [0.2, 0.25) is 0 Å². The molecule has 0 amide bonds. The summed E-state index contributed by atoms with van der Waals surface area (Å²) in [6, 6.07) is 15.8. The summed E-state index contributed by atoms with van der Waals surface area (Å²) in [5.74, 6) is 0. The van der Waals surface area contributed by atoms with E-state index in [0.29, 0.717) is 6.04 Å². The maximum atomic E-state index is 5.05. The predicted molar refractivity (Wildman–Crippen MR) is 112 cm³/mol. The number of likely N-dealkylation sites (N-methyl/N-ethyl adjacent to an activating group) is 1. The van der Waals surface area contributed by atoms with Gasteiger partial charge in [0.1, 0.15) is 6.04 Å². The van der Waals surface area contributed by atoms with Crippen LogP contribution >= 0.6 is 11.8 Å². The van der Waals surface area contributed by atoms with Crippen molar-refractivity contribution in [2.24, 2.45) is 4.99 Å². The summed E-state index contributed by atoms with van der Waals surface area (Å²) in [6.45, 7) is 9.75. The van der Waals surface area contributed by atoms with E-state index in [1.165, 1.54) is 26.6 Å². The Balaban J connectivity index is 1.79. The summed E-state index contributed by atoms with van der Waals surface area (Å²) < 4.78 is 0. The molecule has 2 aromatic rings. The van der Waals surface area contributed by atoms with Crippen molar-refractivity contribution in [1.82, 2.24) is 0 Å². The molecular formula is C22H26N3S+. The van der Waals surface area contributed by atoms with Gasteiger partial charge in [-0.1, -0.05) is 36.0 Å². The van der Waals surface area contributed by atoms with Gasteiger partial charge in [0.05, 0.1) is 17.9 Å². The Morgan fingerprint density at radius 3 is 2.65 bits per heavy atom. The third-order valence-electron chi connectivity index (χ3n) is 5.15. The zero-order chi connectivity index (χ0) is 18.1. The molecule has 0 saturated carbocycles. The van der Waals surface area contributed by atoms with E-state index in [9.17, 15) is 0 Å². The van der Waals surface area contributed by atoms with Crippen LogP contribution in [0.15, 0.2) is 63.3 Å². The zero-order valence-corrected chi connectivity index (χ0v) is 16.5. The number of fused-ring (bicyclic) bond motifs is 4. The highest BCUT2D eigenvalue weighted by Crippen LogP contribution is 2.46. The lowest BCUT2D eigenvalue weighted by Crippen LogP contribution is -2.84. The van der Waals surface area contributed by atoms with Gasteiger partial charge in [0, 0.05) is 39.7 Å². The summed E-state index contributed by atoms with van der Waals surface area (Å²) in [4.78, 5) is 9.99.